The van der Waals surface area contributed by atoms with Crippen LogP contribution in [-0.4, -0.2) is 56.0 Å². The third kappa shape index (κ3) is 7.04. The summed E-state index contributed by atoms with van der Waals surface area (Å²) in [6.07, 6.45) is -0.151. The van der Waals surface area contributed by atoms with Gasteiger partial charge >= 0.3 is 16.6 Å². The van der Waals surface area contributed by atoms with Crippen molar-refractivity contribution in [1.82, 2.24) is 10.2 Å². The number of piperidine rings is 2. The second kappa shape index (κ2) is 9.54. The highest BCUT2D eigenvalue weighted by Gasteiger charge is 2.31. The second-order valence-corrected chi connectivity index (χ2v) is 9.93. The SMILES string of the molecule is CC(C)(C)OC(=O)N1CCC(c2ccc(OC3CCC(=O)NC3=O)cc2OS(=O)(=O)F)CC1. The summed E-state index contributed by atoms with van der Waals surface area (Å²) in [6, 6.07) is 4.28. The highest BCUT2D eigenvalue weighted by molar-refractivity contribution is 7.81. The highest BCUT2D eigenvalue weighted by Crippen LogP contribution is 2.38. The summed E-state index contributed by atoms with van der Waals surface area (Å²) >= 11 is 0. The first-order valence-corrected chi connectivity index (χ1v) is 11.9. The minimum atomic E-state index is -5.31. The molecule has 10 nitrogen and oxygen atoms in total. The van der Waals surface area contributed by atoms with E-state index in [4.69, 9.17) is 9.47 Å². The van der Waals surface area contributed by atoms with E-state index < -0.39 is 40.1 Å². The average Bonchev–Trinajstić information content (AvgIpc) is 2.68. The fraction of sp³-hybridized carbons (Fsp3) is 0.571. The van der Waals surface area contributed by atoms with Crippen LogP contribution in [-0.2, 0) is 24.8 Å². The molecule has 2 heterocycles. The van der Waals surface area contributed by atoms with Gasteiger partial charge in [-0.15, -0.1) is 0 Å². The Kier molecular flexibility index (Phi) is 7.15. The first-order chi connectivity index (χ1) is 15.3. The number of likely N-dealkylation sites (tertiary alicyclic amines) is 1. The van der Waals surface area contributed by atoms with Crippen molar-refractivity contribution in [3.8, 4) is 11.5 Å². The summed E-state index contributed by atoms with van der Waals surface area (Å²) in [6.45, 7) is 6.07. The molecule has 33 heavy (non-hydrogen) atoms. The number of imide groups is 1. The third-order valence-electron chi connectivity index (χ3n) is 5.23. The van der Waals surface area contributed by atoms with Crippen LogP contribution >= 0.6 is 0 Å². The normalized spacial score (nSPS) is 20.2. The van der Waals surface area contributed by atoms with Gasteiger partial charge in [-0.3, -0.25) is 14.9 Å². The minimum absolute atomic E-state index is 0.0955. The van der Waals surface area contributed by atoms with Gasteiger partial charge in [0.05, 0.1) is 0 Å². The van der Waals surface area contributed by atoms with E-state index in [0.717, 1.165) is 0 Å². The van der Waals surface area contributed by atoms with E-state index >= 15 is 0 Å². The number of nitrogens with zero attached hydrogens (tertiary/aromatic N) is 1. The van der Waals surface area contributed by atoms with Crippen LogP contribution in [0.1, 0.15) is 57.9 Å². The molecule has 2 fully saturated rings. The zero-order valence-corrected chi connectivity index (χ0v) is 19.4. The van der Waals surface area contributed by atoms with E-state index in [9.17, 15) is 26.7 Å². The number of ether oxygens (including phenoxy) is 2. The first-order valence-electron chi connectivity index (χ1n) is 10.6. The molecule has 0 saturated carbocycles. The Morgan fingerprint density at radius 1 is 1.15 bits per heavy atom. The van der Waals surface area contributed by atoms with Crippen molar-refractivity contribution in [3.05, 3.63) is 23.8 Å². The summed E-state index contributed by atoms with van der Waals surface area (Å²) in [5.41, 5.74) is -0.182. The molecule has 1 aromatic carbocycles. The molecule has 0 aromatic heterocycles. The molecule has 182 valence electrons. The van der Waals surface area contributed by atoms with Crippen LogP contribution in [0.25, 0.3) is 0 Å². The molecule has 12 heteroatoms. The molecule has 0 radical (unpaired) electrons. The van der Waals surface area contributed by atoms with E-state index in [1.807, 2.05) is 0 Å². The Labute approximate surface area is 191 Å². The molecular weight excluding hydrogens is 459 g/mol. The third-order valence-corrected chi connectivity index (χ3v) is 5.61. The number of benzene rings is 1. The fourth-order valence-electron chi connectivity index (χ4n) is 3.75. The van der Waals surface area contributed by atoms with Gasteiger partial charge in [-0.25, -0.2) is 4.79 Å². The number of amides is 3. The van der Waals surface area contributed by atoms with Crippen LogP contribution in [0.5, 0.6) is 11.5 Å². The van der Waals surface area contributed by atoms with Crippen LogP contribution in [0.3, 0.4) is 0 Å². The van der Waals surface area contributed by atoms with Crippen LogP contribution in [0.2, 0.25) is 0 Å². The van der Waals surface area contributed by atoms with Crippen molar-refractivity contribution in [1.29, 1.82) is 0 Å². The van der Waals surface area contributed by atoms with E-state index in [1.54, 1.807) is 31.7 Å². The smallest absolute Gasteiger partial charge is 0.480 e. The maximum Gasteiger partial charge on any atom is 0.488 e. The first kappa shape index (κ1) is 24.7. The van der Waals surface area contributed by atoms with E-state index in [0.29, 0.717) is 31.5 Å². The Morgan fingerprint density at radius 2 is 1.82 bits per heavy atom. The zero-order chi connectivity index (χ0) is 24.4. The molecule has 1 aromatic rings. The average molecular weight is 487 g/mol. The molecule has 0 aliphatic carbocycles. The van der Waals surface area contributed by atoms with Crippen molar-refractivity contribution in [2.45, 2.75) is 64.1 Å². The monoisotopic (exact) mass is 486 g/mol. The largest absolute Gasteiger partial charge is 0.488 e. The number of rotatable bonds is 5. The molecule has 1 unspecified atom stereocenters. The molecule has 2 aliphatic heterocycles. The van der Waals surface area contributed by atoms with Crippen molar-refractivity contribution >= 4 is 28.4 Å². The van der Waals surface area contributed by atoms with Crippen molar-refractivity contribution in [2.75, 3.05) is 13.1 Å². The zero-order valence-electron chi connectivity index (χ0n) is 18.6. The number of nitrogens with one attached hydrogen (secondary N) is 1. The Bertz CT molecular complexity index is 1030. The minimum Gasteiger partial charge on any atom is -0.480 e. The predicted octanol–water partition coefficient (Wildman–Crippen LogP) is 2.58. The summed E-state index contributed by atoms with van der Waals surface area (Å²) < 4.78 is 51.3. The van der Waals surface area contributed by atoms with E-state index in [1.165, 1.54) is 12.1 Å². The lowest BCUT2D eigenvalue weighted by Crippen LogP contribution is -2.46. The second-order valence-electron chi connectivity index (χ2n) is 8.98. The van der Waals surface area contributed by atoms with Gasteiger partial charge < -0.3 is 18.6 Å². The van der Waals surface area contributed by atoms with Gasteiger partial charge in [-0.2, -0.15) is 8.42 Å². The van der Waals surface area contributed by atoms with E-state index in [2.05, 4.69) is 9.50 Å². The Hall–Kier alpha value is -2.89. The molecule has 1 atom stereocenters. The standard InChI is InChI=1S/C21H27FN2O8S/c1-21(2,3)31-20(27)24-10-8-13(9-11-24)15-5-4-14(12-17(15)32-33(22,28)29)30-16-6-7-18(25)23-19(16)26/h4-5,12-13,16H,6-11H2,1-3H3,(H,23,25,26). The Morgan fingerprint density at radius 3 is 2.39 bits per heavy atom. The number of carbonyl (C=O) groups is 3. The van der Waals surface area contributed by atoms with Gasteiger partial charge in [0.15, 0.2) is 11.9 Å². The Balaban J connectivity index is 1.74. The quantitative estimate of drug-likeness (QED) is 0.497. The molecule has 3 rings (SSSR count). The number of hydrogen-bond acceptors (Lipinski definition) is 8. The molecule has 3 amide bonds. The number of halogens is 1. The maximum absolute atomic E-state index is 13.4. The summed E-state index contributed by atoms with van der Waals surface area (Å²) in [5, 5.41) is 2.16. The molecule has 2 aliphatic rings. The molecule has 1 N–H and O–H groups in total. The maximum atomic E-state index is 13.4. The summed E-state index contributed by atoms with van der Waals surface area (Å²) in [5.74, 6) is -1.37. The summed E-state index contributed by atoms with van der Waals surface area (Å²) in [7, 11) is -5.31. The molecule has 2 saturated heterocycles. The van der Waals surface area contributed by atoms with Gasteiger partial charge in [0.25, 0.3) is 5.91 Å². The van der Waals surface area contributed by atoms with Gasteiger partial charge in [-0.05, 0) is 51.2 Å². The molecular formula is C21H27FN2O8S. The van der Waals surface area contributed by atoms with Crippen molar-refractivity contribution in [3.63, 3.8) is 0 Å². The van der Waals surface area contributed by atoms with Crippen LogP contribution < -0.4 is 14.2 Å². The van der Waals surface area contributed by atoms with Crippen molar-refractivity contribution < 1.29 is 40.3 Å². The topological polar surface area (TPSA) is 128 Å². The van der Waals surface area contributed by atoms with Crippen LogP contribution in [0, 0.1) is 0 Å². The number of hydrogen-bond donors (Lipinski definition) is 1. The van der Waals surface area contributed by atoms with Gasteiger partial charge in [0.1, 0.15) is 11.4 Å². The highest BCUT2D eigenvalue weighted by atomic mass is 32.3. The fourth-order valence-corrected chi connectivity index (χ4v) is 4.11. The molecule has 0 spiro atoms. The van der Waals surface area contributed by atoms with Gasteiger partial charge in [0, 0.05) is 32.0 Å². The lowest BCUT2D eigenvalue weighted by molar-refractivity contribution is -0.138. The van der Waals surface area contributed by atoms with Gasteiger partial charge in [-0.1, -0.05) is 9.95 Å². The summed E-state index contributed by atoms with van der Waals surface area (Å²) in [4.78, 5) is 37.0. The lowest BCUT2D eigenvalue weighted by Gasteiger charge is -2.34. The van der Waals surface area contributed by atoms with Gasteiger partial charge in [0.2, 0.25) is 5.91 Å². The molecule has 0 bridgehead atoms. The van der Waals surface area contributed by atoms with Crippen LogP contribution in [0.15, 0.2) is 18.2 Å². The van der Waals surface area contributed by atoms with Crippen LogP contribution in [0.4, 0.5) is 8.68 Å². The lowest BCUT2D eigenvalue weighted by atomic mass is 9.89. The predicted molar refractivity (Wildman–Crippen MR) is 114 cm³/mol. The van der Waals surface area contributed by atoms with Crippen molar-refractivity contribution in [2.24, 2.45) is 0 Å². The number of carbonyl (C=O) groups excluding carboxylic acids is 3. The van der Waals surface area contributed by atoms with E-state index in [-0.39, 0.29) is 30.3 Å².